The average Bonchev–Trinajstić information content (AvgIpc) is 2.75. The number of halogens is 1. The molecule has 0 saturated carbocycles. The van der Waals surface area contributed by atoms with Gasteiger partial charge in [0.15, 0.2) is 18.3 Å². The summed E-state index contributed by atoms with van der Waals surface area (Å²) in [4.78, 5) is 50.2. The summed E-state index contributed by atoms with van der Waals surface area (Å²) in [5.74, 6) is -3.32. The zero-order valence-corrected chi connectivity index (χ0v) is 17.2. The van der Waals surface area contributed by atoms with Crippen molar-refractivity contribution in [1.29, 1.82) is 0 Å². The number of aromatic carboxylic acids is 1. The van der Waals surface area contributed by atoms with Crippen molar-refractivity contribution in [1.82, 2.24) is 9.58 Å². The second-order valence-electron chi connectivity index (χ2n) is 7.65. The molecule has 0 unspecified atom stereocenters. The van der Waals surface area contributed by atoms with E-state index in [2.05, 4.69) is 0 Å². The van der Waals surface area contributed by atoms with Gasteiger partial charge >= 0.3 is 11.9 Å². The van der Waals surface area contributed by atoms with Crippen LogP contribution >= 0.6 is 0 Å². The molecule has 3 heterocycles. The van der Waals surface area contributed by atoms with Crippen LogP contribution in [0.1, 0.15) is 23.2 Å². The Labute approximate surface area is 180 Å². The van der Waals surface area contributed by atoms with Gasteiger partial charge in [-0.3, -0.25) is 24.1 Å². The maximum Gasteiger partial charge on any atom is 0.341 e. The van der Waals surface area contributed by atoms with Crippen molar-refractivity contribution in [2.24, 2.45) is 0 Å². The van der Waals surface area contributed by atoms with Crippen LogP contribution in [0.15, 0.2) is 17.1 Å². The molecule has 0 radical (unpaired) electrons. The van der Waals surface area contributed by atoms with E-state index in [1.54, 1.807) is 17.0 Å². The van der Waals surface area contributed by atoms with Crippen LogP contribution in [0.2, 0.25) is 0 Å². The first-order chi connectivity index (χ1) is 15.2. The number of nitrogens with zero attached hydrogens (tertiary/aromatic N) is 4. The number of piperazine rings is 1. The predicted molar refractivity (Wildman–Crippen MR) is 110 cm³/mol. The molecule has 1 aromatic heterocycles. The Morgan fingerprint density at radius 1 is 1.12 bits per heavy atom. The summed E-state index contributed by atoms with van der Waals surface area (Å²) >= 11 is 0. The fraction of sp³-hybridized carbons (Fsp3) is 0.400. The molecule has 1 amide bonds. The second kappa shape index (κ2) is 8.02. The number of anilines is 1. The van der Waals surface area contributed by atoms with Gasteiger partial charge < -0.3 is 24.7 Å². The van der Waals surface area contributed by atoms with Crippen LogP contribution in [0.3, 0.4) is 0 Å². The quantitative estimate of drug-likeness (QED) is 0.661. The van der Waals surface area contributed by atoms with E-state index in [0.29, 0.717) is 0 Å². The zero-order chi connectivity index (χ0) is 23.2. The Hall–Kier alpha value is -3.83. The van der Waals surface area contributed by atoms with Crippen LogP contribution in [-0.2, 0) is 9.59 Å². The van der Waals surface area contributed by atoms with Gasteiger partial charge in [-0.05, 0) is 6.07 Å². The van der Waals surface area contributed by atoms with Crippen LogP contribution < -0.4 is 20.1 Å². The fourth-order valence-corrected chi connectivity index (χ4v) is 4.02. The molecule has 32 heavy (non-hydrogen) atoms. The molecule has 0 atom stereocenters. The number of pyridine rings is 1. The lowest BCUT2D eigenvalue weighted by Crippen LogP contribution is -2.49. The molecular formula is C20H21FN4O7. The van der Waals surface area contributed by atoms with E-state index in [1.807, 2.05) is 0 Å². The van der Waals surface area contributed by atoms with Crippen molar-refractivity contribution < 1.29 is 33.7 Å². The topological polar surface area (TPSA) is 133 Å². The maximum absolute atomic E-state index is 15.2. The number of amides is 1. The summed E-state index contributed by atoms with van der Waals surface area (Å²) < 4.78 is 22.4. The van der Waals surface area contributed by atoms with E-state index in [9.17, 15) is 24.3 Å². The fourth-order valence-electron chi connectivity index (χ4n) is 4.02. The van der Waals surface area contributed by atoms with E-state index in [-0.39, 0.29) is 74.0 Å². The number of aliphatic carboxylic acids is 1. The number of rotatable bonds is 5. The highest BCUT2D eigenvalue weighted by Crippen LogP contribution is 2.40. The molecule has 0 spiro atoms. The zero-order valence-electron chi connectivity index (χ0n) is 17.2. The number of carboxylic acids is 2. The molecule has 0 aliphatic carbocycles. The highest BCUT2D eigenvalue weighted by molar-refractivity contribution is 5.97. The van der Waals surface area contributed by atoms with Crippen molar-refractivity contribution in [3.63, 3.8) is 0 Å². The SMILES string of the molecule is CN1COc2c(N3CCN(C(=O)CCC(=O)O)CC3)c(F)cc3c(=O)c(C(=O)O)cn1c23. The average molecular weight is 448 g/mol. The summed E-state index contributed by atoms with van der Waals surface area (Å²) in [5.41, 5.74) is -0.870. The summed E-state index contributed by atoms with van der Waals surface area (Å²) in [7, 11) is 1.64. The van der Waals surface area contributed by atoms with Gasteiger partial charge in [0.1, 0.15) is 16.8 Å². The molecule has 170 valence electrons. The van der Waals surface area contributed by atoms with Crippen LogP contribution in [0.25, 0.3) is 10.9 Å². The smallest absolute Gasteiger partial charge is 0.341 e. The third-order valence-electron chi connectivity index (χ3n) is 5.65. The Bertz CT molecular complexity index is 1190. The summed E-state index contributed by atoms with van der Waals surface area (Å²) in [5, 5.41) is 19.6. The standard InChI is InChI=1S/C20H21FN4O7/c1-22-10-32-19-16-11(18(29)12(20(30)31)9-25(16)22)8-13(21)17(19)24-6-4-23(5-7-24)14(26)2-3-15(27)28/h8-9H,2-7,10H2,1H3,(H,27,28)(H,30,31). The molecule has 2 N–H and O–H groups in total. The van der Waals surface area contributed by atoms with Crippen molar-refractivity contribution >= 4 is 34.4 Å². The Balaban J connectivity index is 1.70. The molecule has 11 nitrogen and oxygen atoms in total. The first-order valence-electron chi connectivity index (χ1n) is 9.93. The minimum Gasteiger partial charge on any atom is -0.481 e. The number of hydrogen-bond acceptors (Lipinski definition) is 7. The summed E-state index contributed by atoms with van der Waals surface area (Å²) in [6.07, 6.45) is 0.845. The van der Waals surface area contributed by atoms with Crippen molar-refractivity contribution in [3.8, 4) is 5.75 Å². The van der Waals surface area contributed by atoms with Gasteiger partial charge in [-0.15, -0.1) is 0 Å². The van der Waals surface area contributed by atoms with Crippen LogP contribution in [0, 0.1) is 5.82 Å². The number of carbonyl (C=O) groups excluding carboxylic acids is 1. The van der Waals surface area contributed by atoms with Gasteiger partial charge in [0.05, 0.1) is 11.8 Å². The van der Waals surface area contributed by atoms with Gasteiger partial charge in [0.25, 0.3) is 0 Å². The van der Waals surface area contributed by atoms with Crippen molar-refractivity contribution in [2.75, 3.05) is 49.9 Å². The molecule has 12 heteroatoms. The largest absolute Gasteiger partial charge is 0.481 e. The van der Waals surface area contributed by atoms with Crippen molar-refractivity contribution in [3.05, 3.63) is 33.9 Å². The summed E-state index contributed by atoms with van der Waals surface area (Å²) in [6.45, 7) is 1.13. The predicted octanol–water partition coefficient (Wildman–Crippen LogP) is 0.270. The Morgan fingerprint density at radius 2 is 1.81 bits per heavy atom. The lowest BCUT2D eigenvalue weighted by molar-refractivity contribution is -0.141. The van der Waals surface area contributed by atoms with Gasteiger partial charge in [0.2, 0.25) is 11.3 Å². The van der Waals surface area contributed by atoms with Gasteiger partial charge in [-0.1, -0.05) is 0 Å². The Kier molecular flexibility index (Phi) is 5.36. The Morgan fingerprint density at radius 3 is 2.44 bits per heavy atom. The number of aromatic nitrogens is 1. The van der Waals surface area contributed by atoms with E-state index in [1.165, 1.54) is 15.8 Å². The number of ether oxygens (including phenoxy) is 1. The van der Waals surface area contributed by atoms with Gasteiger partial charge in [-0.25, -0.2) is 9.18 Å². The lowest BCUT2D eigenvalue weighted by atomic mass is 10.1. The number of carboxylic acid groups (broad SMARTS) is 2. The molecule has 2 aliphatic rings. The monoisotopic (exact) mass is 448 g/mol. The highest BCUT2D eigenvalue weighted by atomic mass is 19.1. The molecular weight excluding hydrogens is 427 g/mol. The third-order valence-corrected chi connectivity index (χ3v) is 5.65. The molecule has 0 bridgehead atoms. The van der Waals surface area contributed by atoms with E-state index >= 15 is 4.39 Å². The third kappa shape index (κ3) is 3.57. The molecule has 1 aromatic carbocycles. The summed E-state index contributed by atoms with van der Waals surface area (Å²) in [6, 6.07) is 1.02. The normalized spacial score (nSPS) is 15.6. The minimum atomic E-state index is -1.41. The number of benzene rings is 1. The molecule has 2 aliphatic heterocycles. The van der Waals surface area contributed by atoms with E-state index in [0.717, 1.165) is 6.07 Å². The molecule has 4 rings (SSSR count). The second-order valence-corrected chi connectivity index (χ2v) is 7.65. The minimum absolute atomic E-state index is 0.00806. The van der Waals surface area contributed by atoms with Crippen LogP contribution in [0.5, 0.6) is 5.75 Å². The van der Waals surface area contributed by atoms with Gasteiger partial charge in [-0.2, -0.15) is 0 Å². The van der Waals surface area contributed by atoms with E-state index < -0.39 is 28.7 Å². The van der Waals surface area contributed by atoms with Crippen LogP contribution in [-0.4, -0.2) is 77.6 Å². The number of carbonyl (C=O) groups is 3. The molecule has 1 fully saturated rings. The number of hydrogen-bond donors (Lipinski definition) is 2. The highest BCUT2D eigenvalue weighted by Gasteiger charge is 2.31. The first kappa shape index (κ1) is 21.4. The van der Waals surface area contributed by atoms with E-state index in [4.69, 9.17) is 9.84 Å². The molecule has 2 aromatic rings. The van der Waals surface area contributed by atoms with Crippen molar-refractivity contribution in [2.45, 2.75) is 12.8 Å². The van der Waals surface area contributed by atoms with Gasteiger partial charge in [0, 0.05) is 45.8 Å². The maximum atomic E-state index is 15.2. The lowest BCUT2D eigenvalue weighted by Gasteiger charge is -2.38. The first-order valence-corrected chi connectivity index (χ1v) is 9.93. The van der Waals surface area contributed by atoms with Crippen LogP contribution in [0.4, 0.5) is 10.1 Å². The molecule has 1 saturated heterocycles.